The summed E-state index contributed by atoms with van der Waals surface area (Å²) >= 11 is 0. The van der Waals surface area contributed by atoms with Crippen molar-refractivity contribution in [1.82, 2.24) is 20.0 Å². The fourth-order valence-electron chi connectivity index (χ4n) is 4.62. The van der Waals surface area contributed by atoms with Gasteiger partial charge in [-0.15, -0.1) is 24.0 Å². The van der Waals surface area contributed by atoms with Crippen LogP contribution in [0.4, 0.5) is 0 Å². The van der Waals surface area contributed by atoms with Crippen molar-refractivity contribution in [2.24, 2.45) is 4.99 Å². The number of morpholine rings is 1. The molecule has 3 heterocycles. The average molecular weight is 527 g/mol. The van der Waals surface area contributed by atoms with E-state index in [1.54, 1.807) is 0 Å². The maximum absolute atomic E-state index is 11.9. The summed E-state index contributed by atoms with van der Waals surface area (Å²) in [5.41, 5.74) is 2.42. The molecule has 30 heavy (non-hydrogen) atoms. The second-order valence-corrected chi connectivity index (χ2v) is 8.18. The molecule has 1 N–H and O–H groups in total. The zero-order valence-corrected chi connectivity index (χ0v) is 20.2. The van der Waals surface area contributed by atoms with Crippen LogP contribution in [-0.2, 0) is 22.6 Å². The van der Waals surface area contributed by atoms with Gasteiger partial charge in [0.25, 0.3) is 0 Å². The highest BCUT2D eigenvalue weighted by Crippen LogP contribution is 2.18. The summed E-state index contributed by atoms with van der Waals surface area (Å²) in [6.45, 7) is 8.18. The molecule has 0 saturated carbocycles. The molecule has 7 nitrogen and oxygen atoms in total. The Balaban J connectivity index is 0.00000256. The van der Waals surface area contributed by atoms with Crippen molar-refractivity contribution in [3.8, 4) is 0 Å². The molecule has 4 rings (SSSR count). The van der Waals surface area contributed by atoms with Gasteiger partial charge >= 0.3 is 0 Å². The maximum Gasteiger partial charge on any atom is 0.222 e. The summed E-state index contributed by atoms with van der Waals surface area (Å²) in [4.78, 5) is 23.3. The van der Waals surface area contributed by atoms with Gasteiger partial charge in [-0.25, -0.2) is 0 Å². The van der Waals surface area contributed by atoms with Crippen LogP contribution in [0.2, 0.25) is 0 Å². The minimum absolute atomic E-state index is 0. The lowest BCUT2D eigenvalue weighted by molar-refractivity contribution is -0.128. The predicted octanol–water partition coefficient (Wildman–Crippen LogP) is 1.91. The summed E-state index contributed by atoms with van der Waals surface area (Å²) < 4.78 is 5.49. The second-order valence-electron chi connectivity index (χ2n) is 8.18. The number of nitrogens with one attached hydrogen (secondary N) is 1. The van der Waals surface area contributed by atoms with Crippen molar-refractivity contribution < 1.29 is 9.53 Å². The first-order valence-corrected chi connectivity index (χ1v) is 10.9. The standard InChI is InChI=1S/C22H33N5O2.HI/c1-23-22(27-9-7-20(17-27)25-10-12-29-13-11-25)24-15-18-4-2-5-19(14-18)16-26-8-3-6-21(26)28;/h2,4-5,14,20H,3,6-13,15-17H2,1H3,(H,23,24);1H. The molecule has 1 amide bonds. The van der Waals surface area contributed by atoms with Gasteiger partial charge in [-0.1, -0.05) is 24.3 Å². The van der Waals surface area contributed by atoms with Crippen molar-refractivity contribution in [2.45, 2.75) is 38.4 Å². The number of benzene rings is 1. The molecule has 1 aromatic rings. The molecule has 0 bridgehead atoms. The van der Waals surface area contributed by atoms with E-state index in [4.69, 9.17) is 4.74 Å². The molecule has 3 saturated heterocycles. The third kappa shape index (κ3) is 5.85. The number of guanidine groups is 1. The van der Waals surface area contributed by atoms with Gasteiger partial charge in [0, 0.05) is 65.3 Å². The van der Waals surface area contributed by atoms with Crippen LogP contribution < -0.4 is 5.32 Å². The first kappa shape index (κ1) is 23.3. The molecule has 3 aliphatic rings. The first-order chi connectivity index (χ1) is 14.2. The molecule has 1 atom stereocenters. The van der Waals surface area contributed by atoms with Gasteiger partial charge in [0.2, 0.25) is 5.91 Å². The molecular formula is C22H34IN5O2. The zero-order valence-electron chi connectivity index (χ0n) is 17.9. The lowest BCUT2D eigenvalue weighted by atomic mass is 10.1. The zero-order chi connectivity index (χ0) is 20.1. The smallest absolute Gasteiger partial charge is 0.222 e. The normalized spacial score (nSPS) is 23.0. The molecule has 0 aliphatic carbocycles. The molecule has 0 spiro atoms. The summed E-state index contributed by atoms with van der Waals surface area (Å²) in [5, 5.41) is 3.53. The van der Waals surface area contributed by atoms with Crippen LogP contribution in [0.25, 0.3) is 0 Å². The highest BCUT2D eigenvalue weighted by Gasteiger charge is 2.30. The second kappa shape index (κ2) is 11.3. The Hall–Kier alpha value is -1.39. The van der Waals surface area contributed by atoms with Crippen LogP contribution in [0.3, 0.4) is 0 Å². The van der Waals surface area contributed by atoms with Crippen LogP contribution in [0.5, 0.6) is 0 Å². The van der Waals surface area contributed by atoms with E-state index < -0.39 is 0 Å². The molecule has 3 fully saturated rings. The molecule has 166 valence electrons. The fraction of sp³-hybridized carbons (Fsp3) is 0.636. The first-order valence-electron chi connectivity index (χ1n) is 10.9. The van der Waals surface area contributed by atoms with Crippen LogP contribution in [-0.4, -0.2) is 85.6 Å². The Labute approximate surface area is 196 Å². The fourth-order valence-corrected chi connectivity index (χ4v) is 4.62. The number of likely N-dealkylation sites (tertiary alicyclic amines) is 2. The third-order valence-corrected chi connectivity index (χ3v) is 6.22. The summed E-state index contributed by atoms with van der Waals surface area (Å²) in [5.74, 6) is 1.25. The Morgan fingerprint density at radius 2 is 2.00 bits per heavy atom. The number of hydrogen-bond acceptors (Lipinski definition) is 4. The Morgan fingerprint density at radius 3 is 2.73 bits per heavy atom. The molecular weight excluding hydrogens is 493 g/mol. The number of ether oxygens (including phenoxy) is 1. The molecule has 1 unspecified atom stereocenters. The molecule has 3 aliphatic heterocycles. The van der Waals surface area contributed by atoms with Crippen LogP contribution in [0.15, 0.2) is 29.3 Å². The lowest BCUT2D eigenvalue weighted by Gasteiger charge is -2.32. The van der Waals surface area contributed by atoms with Gasteiger partial charge in [0.15, 0.2) is 5.96 Å². The van der Waals surface area contributed by atoms with E-state index in [1.807, 2.05) is 11.9 Å². The van der Waals surface area contributed by atoms with Gasteiger partial charge in [0.05, 0.1) is 13.2 Å². The average Bonchev–Trinajstić information content (AvgIpc) is 3.39. The van der Waals surface area contributed by atoms with Gasteiger partial charge in [-0.2, -0.15) is 0 Å². The van der Waals surface area contributed by atoms with E-state index in [-0.39, 0.29) is 29.9 Å². The van der Waals surface area contributed by atoms with Crippen LogP contribution in [0, 0.1) is 0 Å². The molecule has 8 heteroatoms. The molecule has 0 aromatic heterocycles. The van der Waals surface area contributed by atoms with Crippen molar-refractivity contribution >= 4 is 35.8 Å². The van der Waals surface area contributed by atoms with E-state index in [0.29, 0.717) is 12.5 Å². The van der Waals surface area contributed by atoms with E-state index in [1.165, 1.54) is 17.5 Å². The number of carbonyl (C=O) groups excluding carboxylic acids is 1. The van der Waals surface area contributed by atoms with Crippen molar-refractivity contribution in [3.63, 3.8) is 0 Å². The maximum atomic E-state index is 11.9. The lowest BCUT2D eigenvalue weighted by Crippen LogP contribution is -2.46. The summed E-state index contributed by atoms with van der Waals surface area (Å²) in [7, 11) is 1.86. The predicted molar refractivity (Wildman–Crippen MR) is 129 cm³/mol. The van der Waals surface area contributed by atoms with Gasteiger partial charge in [-0.3, -0.25) is 14.7 Å². The number of nitrogens with zero attached hydrogens (tertiary/aromatic N) is 4. The Bertz CT molecular complexity index is 738. The number of halogens is 1. The number of hydrogen-bond donors (Lipinski definition) is 1. The van der Waals surface area contributed by atoms with Crippen molar-refractivity contribution in [2.75, 3.05) is 53.0 Å². The highest BCUT2D eigenvalue weighted by atomic mass is 127. The molecule has 1 aromatic carbocycles. The van der Waals surface area contributed by atoms with Gasteiger partial charge < -0.3 is 19.9 Å². The van der Waals surface area contributed by atoms with Crippen molar-refractivity contribution in [1.29, 1.82) is 0 Å². The largest absolute Gasteiger partial charge is 0.379 e. The Morgan fingerprint density at radius 1 is 1.20 bits per heavy atom. The molecule has 0 radical (unpaired) electrons. The number of amides is 1. The monoisotopic (exact) mass is 527 g/mol. The summed E-state index contributed by atoms with van der Waals surface area (Å²) in [6, 6.07) is 9.12. The third-order valence-electron chi connectivity index (χ3n) is 6.22. The summed E-state index contributed by atoms with van der Waals surface area (Å²) in [6.07, 6.45) is 2.86. The van der Waals surface area contributed by atoms with Crippen LogP contribution in [0.1, 0.15) is 30.4 Å². The van der Waals surface area contributed by atoms with Gasteiger partial charge in [-0.05, 0) is 24.0 Å². The topological polar surface area (TPSA) is 60.4 Å². The Kier molecular flexibility index (Phi) is 8.76. The minimum Gasteiger partial charge on any atom is -0.379 e. The quantitative estimate of drug-likeness (QED) is 0.360. The van der Waals surface area contributed by atoms with Gasteiger partial charge in [0.1, 0.15) is 0 Å². The number of aliphatic imine (C=N–C) groups is 1. The van der Waals surface area contributed by atoms with E-state index in [0.717, 1.165) is 71.4 Å². The highest BCUT2D eigenvalue weighted by molar-refractivity contribution is 14.0. The SMILES string of the molecule is CN=C(NCc1cccc(CN2CCCC2=O)c1)N1CCC(N2CCOCC2)C1.I. The van der Waals surface area contributed by atoms with E-state index in [2.05, 4.69) is 44.4 Å². The van der Waals surface area contributed by atoms with E-state index >= 15 is 0 Å². The number of carbonyl (C=O) groups is 1. The van der Waals surface area contributed by atoms with E-state index in [9.17, 15) is 4.79 Å². The van der Waals surface area contributed by atoms with Crippen LogP contribution >= 0.6 is 24.0 Å². The number of rotatable bonds is 5. The van der Waals surface area contributed by atoms with Crippen molar-refractivity contribution in [3.05, 3.63) is 35.4 Å². The minimum atomic E-state index is 0.